The lowest BCUT2D eigenvalue weighted by molar-refractivity contribution is 0.0994. The first-order valence-corrected chi connectivity index (χ1v) is 6.81. The molecule has 1 aliphatic rings. The molecule has 0 atom stereocenters. The number of benzene rings is 1. The molecular formula is C17H14N2O2. The van der Waals surface area contributed by atoms with Crippen molar-refractivity contribution < 1.29 is 9.53 Å². The van der Waals surface area contributed by atoms with Crippen LogP contribution in [0.5, 0.6) is 11.5 Å². The second kappa shape index (κ2) is 5.02. The standard InChI is InChI=1S/C17H14N2O2/c1-10-7-17(15(9-18)11(2)19-10)21-13-4-5-14-12(8-13)3-6-16(14)20/h4-5,7-8H,3,6H2,1-2H3. The van der Waals surface area contributed by atoms with E-state index in [0.29, 0.717) is 29.2 Å². The summed E-state index contributed by atoms with van der Waals surface area (Å²) in [5.41, 5.74) is 3.70. The molecule has 2 aromatic rings. The van der Waals surface area contributed by atoms with E-state index in [2.05, 4.69) is 11.1 Å². The number of rotatable bonds is 2. The van der Waals surface area contributed by atoms with E-state index in [1.54, 1.807) is 25.1 Å². The van der Waals surface area contributed by atoms with Crippen molar-refractivity contribution in [3.63, 3.8) is 0 Å². The molecule has 1 aliphatic carbocycles. The Labute approximate surface area is 123 Å². The van der Waals surface area contributed by atoms with Crippen molar-refractivity contribution in [3.8, 4) is 17.6 Å². The third-order valence-electron chi connectivity index (χ3n) is 3.63. The summed E-state index contributed by atoms with van der Waals surface area (Å²) in [7, 11) is 0. The van der Waals surface area contributed by atoms with Crippen LogP contribution in [0.25, 0.3) is 0 Å². The SMILES string of the molecule is Cc1cc(Oc2ccc3c(c2)CCC3=O)c(C#N)c(C)n1. The minimum absolute atomic E-state index is 0.185. The molecule has 1 aromatic carbocycles. The van der Waals surface area contributed by atoms with E-state index in [-0.39, 0.29) is 5.78 Å². The summed E-state index contributed by atoms with van der Waals surface area (Å²) in [6.07, 6.45) is 1.32. The molecule has 0 saturated carbocycles. The van der Waals surface area contributed by atoms with Crippen molar-refractivity contribution in [1.82, 2.24) is 4.98 Å². The topological polar surface area (TPSA) is 63.0 Å². The highest BCUT2D eigenvalue weighted by Crippen LogP contribution is 2.31. The zero-order chi connectivity index (χ0) is 15.0. The van der Waals surface area contributed by atoms with Crippen LogP contribution in [-0.2, 0) is 6.42 Å². The number of pyridine rings is 1. The third-order valence-corrected chi connectivity index (χ3v) is 3.63. The van der Waals surface area contributed by atoms with Crippen molar-refractivity contribution in [1.29, 1.82) is 5.26 Å². The van der Waals surface area contributed by atoms with E-state index in [9.17, 15) is 10.1 Å². The molecule has 0 spiro atoms. The van der Waals surface area contributed by atoms with Gasteiger partial charge in [-0.05, 0) is 44.0 Å². The van der Waals surface area contributed by atoms with Gasteiger partial charge in [0.15, 0.2) is 5.78 Å². The zero-order valence-electron chi connectivity index (χ0n) is 11.9. The average Bonchev–Trinajstić information content (AvgIpc) is 2.79. The Kier molecular flexibility index (Phi) is 3.19. The molecular weight excluding hydrogens is 264 g/mol. The Morgan fingerprint density at radius 1 is 1.24 bits per heavy atom. The predicted molar refractivity (Wildman–Crippen MR) is 77.6 cm³/mol. The fourth-order valence-electron chi connectivity index (χ4n) is 2.63. The van der Waals surface area contributed by atoms with Gasteiger partial charge >= 0.3 is 0 Å². The summed E-state index contributed by atoms with van der Waals surface area (Å²) >= 11 is 0. The van der Waals surface area contributed by atoms with E-state index in [0.717, 1.165) is 23.2 Å². The van der Waals surface area contributed by atoms with Gasteiger partial charge in [-0.15, -0.1) is 0 Å². The van der Waals surface area contributed by atoms with Gasteiger partial charge in [-0.3, -0.25) is 9.78 Å². The first-order chi connectivity index (χ1) is 10.1. The predicted octanol–water partition coefficient (Wildman–Crippen LogP) is 3.49. The summed E-state index contributed by atoms with van der Waals surface area (Å²) in [6, 6.07) is 9.34. The molecule has 104 valence electrons. The van der Waals surface area contributed by atoms with Gasteiger partial charge in [-0.2, -0.15) is 5.26 Å². The maximum absolute atomic E-state index is 11.6. The van der Waals surface area contributed by atoms with Crippen LogP contribution >= 0.6 is 0 Å². The van der Waals surface area contributed by atoms with Crippen LogP contribution in [0.3, 0.4) is 0 Å². The van der Waals surface area contributed by atoms with Crippen molar-refractivity contribution in [2.24, 2.45) is 0 Å². The third kappa shape index (κ3) is 2.38. The summed E-state index contributed by atoms with van der Waals surface area (Å²) in [6.45, 7) is 3.65. The fraction of sp³-hybridized carbons (Fsp3) is 0.235. The van der Waals surface area contributed by atoms with Gasteiger partial charge in [0.25, 0.3) is 0 Å². The smallest absolute Gasteiger partial charge is 0.163 e. The summed E-state index contributed by atoms with van der Waals surface area (Å²) in [4.78, 5) is 15.9. The normalized spacial score (nSPS) is 12.9. The minimum Gasteiger partial charge on any atom is -0.456 e. The van der Waals surface area contributed by atoms with E-state index in [1.165, 1.54) is 0 Å². The number of ether oxygens (including phenoxy) is 1. The molecule has 1 heterocycles. The number of nitrogens with zero attached hydrogens (tertiary/aromatic N) is 2. The molecule has 0 fully saturated rings. The van der Waals surface area contributed by atoms with Crippen LogP contribution in [0.15, 0.2) is 24.3 Å². The molecule has 3 rings (SSSR count). The van der Waals surface area contributed by atoms with Crippen LogP contribution in [0, 0.1) is 25.2 Å². The van der Waals surface area contributed by atoms with Crippen LogP contribution < -0.4 is 4.74 Å². The van der Waals surface area contributed by atoms with Gasteiger partial charge < -0.3 is 4.74 Å². The van der Waals surface area contributed by atoms with E-state index >= 15 is 0 Å². The second-order valence-electron chi connectivity index (χ2n) is 5.18. The Hall–Kier alpha value is -2.67. The lowest BCUT2D eigenvalue weighted by Crippen LogP contribution is -1.97. The van der Waals surface area contributed by atoms with Crippen LogP contribution in [0.2, 0.25) is 0 Å². The van der Waals surface area contributed by atoms with Gasteiger partial charge in [0.1, 0.15) is 23.1 Å². The van der Waals surface area contributed by atoms with Crippen LogP contribution in [-0.4, -0.2) is 10.8 Å². The second-order valence-corrected chi connectivity index (χ2v) is 5.18. The monoisotopic (exact) mass is 278 g/mol. The number of nitriles is 1. The van der Waals surface area contributed by atoms with Gasteiger partial charge in [0, 0.05) is 23.7 Å². The number of aryl methyl sites for hydroxylation is 3. The number of ketones is 1. The summed E-state index contributed by atoms with van der Waals surface area (Å²) in [5.74, 6) is 1.33. The number of hydrogen-bond donors (Lipinski definition) is 0. The minimum atomic E-state index is 0.185. The quantitative estimate of drug-likeness (QED) is 0.843. The van der Waals surface area contributed by atoms with Gasteiger partial charge in [-0.25, -0.2) is 0 Å². The van der Waals surface area contributed by atoms with Gasteiger partial charge in [0.2, 0.25) is 0 Å². The number of carbonyl (C=O) groups is 1. The highest BCUT2D eigenvalue weighted by Gasteiger charge is 2.20. The average molecular weight is 278 g/mol. The zero-order valence-corrected chi connectivity index (χ0v) is 11.9. The molecule has 0 radical (unpaired) electrons. The van der Waals surface area contributed by atoms with Crippen molar-refractivity contribution >= 4 is 5.78 Å². The molecule has 21 heavy (non-hydrogen) atoms. The van der Waals surface area contributed by atoms with Gasteiger partial charge in [0.05, 0.1) is 5.69 Å². The molecule has 0 saturated heterocycles. The summed E-state index contributed by atoms with van der Waals surface area (Å²) in [5, 5.41) is 9.24. The van der Waals surface area contributed by atoms with E-state index in [4.69, 9.17) is 4.74 Å². The Morgan fingerprint density at radius 2 is 2.05 bits per heavy atom. The van der Waals surface area contributed by atoms with E-state index < -0.39 is 0 Å². The molecule has 0 N–H and O–H groups in total. The lowest BCUT2D eigenvalue weighted by Gasteiger charge is -2.11. The number of hydrogen-bond acceptors (Lipinski definition) is 4. The molecule has 0 bridgehead atoms. The fourth-order valence-corrected chi connectivity index (χ4v) is 2.63. The maximum atomic E-state index is 11.6. The number of fused-ring (bicyclic) bond motifs is 1. The Balaban J connectivity index is 1.98. The first-order valence-electron chi connectivity index (χ1n) is 6.81. The number of aromatic nitrogens is 1. The van der Waals surface area contributed by atoms with Crippen molar-refractivity contribution in [3.05, 3.63) is 52.3 Å². The molecule has 4 heteroatoms. The molecule has 0 unspecified atom stereocenters. The number of Topliss-reactive ketones (excluding diaryl/α,β-unsaturated/α-hetero) is 1. The summed E-state index contributed by atoms with van der Waals surface area (Å²) < 4.78 is 5.85. The van der Waals surface area contributed by atoms with E-state index in [1.807, 2.05) is 13.0 Å². The lowest BCUT2D eigenvalue weighted by atomic mass is 10.1. The highest BCUT2D eigenvalue weighted by atomic mass is 16.5. The Morgan fingerprint density at radius 3 is 2.81 bits per heavy atom. The molecule has 0 aliphatic heterocycles. The van der Waals surface area contributed by atoms with Crippen molar-refractivity contribution in [2.75, 3.05) is 0 Å². The Bertz CT molecular complexity index is 788. The largest absolute Gasteiger partial charge is 0.456 e. The highest BCUT2D eigenvalue weighted by molar-refractivity contribution is 6.00. The maximum Gasteiger partial charge on any atom is 0.163 e. The molecule has 1 aromatic heterocycles. The van der Waals surface area contributed by atoms with Gasteiger partial charge in [-0.1, -0.05) is 0 Å². The van der Waals surface area contributed by atoms with Crippen molar-refractivity contribution in [2.45, 2.75) is 26.7 Å². The number of carbonyl (C=O) groups excluding carboxylic acids is 1. The molecule has 0 amide bonds. The van der Waals surface area contributed by atoms with Crippen LogP contribution in [0.1, 0.15) is 39.3 Å². The van der Waals surface area contributed by atoms with Crippen LogP contribution in [0.4, 0.5) is 0 Å². The first kappa shape index (κ1) is 13.3. The molecule has 4 nitrogen and oxygen atoms in total.